The second-order valence-electron chi connectivity index (χ2n) is 2.60. The van der Waals surface area contributed by atoms with Gasteiger partial charge in [-0.2, -0.15) is 13.2 Å². The maximum Gasteiger partial charge on any atom is 0.418 e. The molecule has 3 nitrogen and oxygen atoms in total. The molecule has 0 aliphatic heterocycles. The summed E-state index contributed by atoms with van der Waals surface area (Å²) in [5.74, 6) is -0.566. The van der Waals surface area contributed by atoms with Crippen molar-refractivity contribution in [2.75, 3.05) is 5.32 Å². The van der Waals surface area contributed by atoms with Crippen molar-refractivity contribution < 1.29 is 18.0 Å². The molecule has 0 unspecified atom stereocenters. The third kappa shape index (κ3) is 2.45. The second kappa shape index (κ2) is 3.65. The standard InChI is InChI=1S/C8H7F3N2O/c1-5(14)13-7-4-12-3-2-6(7)8(9,10)11/h2-4H,1H3,(H,13,14). The van der Waals surface area contributed by atoms with Gasteiger partial charge < -0.3 is 5.32 Å². The molecule has 0 saturated carbocycles. The van der Waals surface area contributed by atoms with Crippen LogP contribution in [-0.2, 0) is 11.0 Å². The number of nitrogens with zero attached hydrogens (tertiary/aromatic N) is 1. The Morgan fingerprint density at radius 2 is 2.14 bits per heavy atom. The number of amides is 1. The van der Waals surface area contributed by atoms with Gasteiger partial charge >= 0.3 is 6.18 Å². The third-order valence-electron chi connectivity index (χ3n) is 1.44. The number of nitrogens with one attached hydrogen (secondary N) is 1. The number of carbonyl (C=O) groups excluding carboxylic acids is 1. The van der Waals surface area contributed by atoms with Crippen molar-refractivity contribution in [3.05, 3.63) is 24.0 Å². The highest BCUT2D eigenvalue weighted by molar-refractivity contribution is 5.89. The van der Waals surface area contributed by atoms with E-state index in [0.29, 0.717) is 0 Å². The number of aromatic nitrogens is 1. The van der Waals surface area contributed by atoms with Crippen LogP contribution in [0.4, 0.5) is 18.9 Å². The fourth-order valence-electron chi connectivity index (χ4n) is 0.931. The van der Waals surface area contributed by atoms with E-state index in [0.717, 1.165) is 25.4 Å². The first-order valence-corrected chi connectivity index (χ1v) is 3.70. The van der Waals surface area contributed by atoms with Gasteiger partial charge in [-0.15, -0.1) is 0 Å². The molecule has 14 heavy (non-hydrogen) atoms. The lowest BCUT2D eigenvalue weighted by Crippen LogP contribution is -2.14. The van der Waals surface area contributed by atoms with Gasteiger partial charge in [-0.1, -0.05) is 0 Å². The highest BCUT2D eigenvalue weighted by atomic mass is 19.4. The molecular weight excluding hydrogens is 197 g/mol. The van der Waals surface area contributed by atoms with Crippen LogP contribution < -0.4 is 5.32 Å². The van der Waals surface area contributed by atoms with E-state index >= 15 is 0 Å². The normalized spacial score (nSPS) is 11.1. The van der Waals surface area contributed by atoms with E-state index in [2.05, 4.69) is 10.3 Å². The molecule has 1 N–H and O–H groups in total. The predicted octanol–water partition coefficient (Wildman–Crippen LogP) is 2.06. The molecule has 1 heterocycles. The summed E-state index contributed by atoms with van der Waals surface area (Å²) in [4.78, 5) is 14.1. The van der Waals surface area contributed by atoms with Crippen LogP contribution in [-0.4, -0.2) is 10.9 Å². The molecule has 1 aromatic heterocycles. The Bertz CT molecular complexity index is 349. The zero-order chi connectivity index (χ0) is 10.8. The van der Waals surface area contributed by atoms with Crippen LogP contribution in [0.1, 0.15) is 12.5 Å². The Labute approximate surface area is 78.0 Å². The van der Waals surface area contributed by atoms with Gasteiger partial charge in [0.05, 0.1) is 17.4 Å². The van der Waals surface area contributed by atoms with E-state index in [1.54, 1.807) is 0 Å². The van der Waals surface area contributed by atoms with Gasteiger partial charge in [-0.25, -0.2) is 0 Å². The van der Waals surface area contributed by atoms with Gasteiger partial charge in [0, 0.05) is 13.1 Å². The van der Waals surface area contributed by atoms with Crippen LogP contribution in [0.25, 0.3) is 0 Å². The van der Waals surface area contributed by atoms with E-state index in [4.69, 9.17) is 0 Å². The fourth-order valence-corrected chi connectivity index (χ4v) is 0.931. The van der Waals surface area contributed by atoms with Gasteiger partial charge in [0.15, 0.2) is 0 Å². The lowest BCUT2D eigenvalue weighted by atomic mass is 10.2. The molecule has 1 rings (SSSR count). The molecule has 0 fully saturated rings. The SMILES string of the molecule is CC(=O)Nc1cnccc1C(F)(F)F. The molecule has 0 radical (unpaired) electrons. The molecule has 0 aliphatic carbocycles. The zero-order valence-electron chi connectivity index (χ0n) is 7.22. The van der Waals surface area contributed by atoms with Crippen LogP contribution >= 0.6 is 0 Å². The Hall–Kier alpha value is -1.59. The first-order chi connectivity index (χ1) is 6.41. The maximum absolute atomic E-state index is 12.3. The van der Waals surface area contributed by atoms with Crippen molar-refractivity contribution in [2.45, 2.75) is 13.1 Å². The molecule has 1 amide bonds. The van der Waals surface area contributed by atoms with E-state index in [-0.39, 0.29) is 5.69 Å². The van der Waals surface area contributed by atoms with Crippen LogP contribution in [0.5, 0.6) is 0 Å². The van der Waals surface area contributed by atoms with Gasteiger partial charge in [-0.05, 0) is 6.07 Å². The highest BCUT2D eigenvalue weighted by Crippen LogP contribution is 2.33. The van der Waals surface area contributed by atoms with Gasteiger partial charge in [0.25, 0.3) is 0 Å². The average Bonchev–Trinajstić information content (AvgIpc) is 2.01. The summed E-state index contributed by atoms with van der Waals surface area (Å²) in [6.07, 6.45) is -2.50. The van der Waals surface area contributed by atoms with Crippen molar-refractivity contribution in [3.63, 3.8) is 0 Å². The fraction of sp³-hybridized carbons (Fsp3) is 0.250. The lowest BCUT2D eigenvalue weighted by molar-refractivity contribution is -0.137. The van der Waals surface area contributed by atoms with Crippen molar-refractivity contribution >= 4 is 11.6 Å². The molecule has 1 aromatic rings. The van der Waals surface area contributed by atoms with Gasteiger partial charge in [-0.3, -0.25) is 9.78 Å². The number of halogens is 3. The van der Waals surface area contributed by atoms with Gasteiger partial charge in [0.1, 0.15) is 0 Å². The number of hydrogen-bond acceptors (Lipinski definition) is 2. The highest BCUT2D eigenvalue weighted by Gasteiger charge is 2.33. The summed E-state index contributed by atoms with van der Waals surface area (Å²) in [7, 11) is 0. The largest absolute Gasteiger partial charge is 0.418 e. The van der Waals surface area contributed by atoms with E-state index in [9.17, 15) is 18.0 Å². The smallest absolute Gasteiger partial charge is 0.324 e. The van der Waals surface area contributed by atoms with E-state index < -0.39 is 17.6 Å². The van der Waals surface area contributed by atoms with Crippen molar-refractivity contribution in [3.8, 4) is 0 Å². The number of anilines is 1. The molecular formula is C8H7F3N2O. The Morgan fingerprint density at radius 1 is 1.50 bits per heavy atom. The minimum absolute atomic E-state index is 0.326. The Kier molecular flexibility index (Phi) is 2.73. The quantitative estimate of drug-likeness (QED) is 0.760. The maximum atomic E-state index is 12.3. The molecule has 0 atom stereocenters. The summed E-state index contributed by atoms with van der Waals surface area (Å²) in [5.41, 5.74) is -1.23. The van der Waals surface area contributed by atoms with Crippen molar-refractivity contribution in [1.29, 1.82) is 0 Å². The first kappa shape index (κ1) is 10.5. The number of alkyl halides is 3. The van der Waals surface area contributed by atoms with Crippen LogP contribution in [0.3, 0.4) is 0 Å². The van der Waals surface area contributed by atoms with Crippen LogP contribution in [0.15, 0.2) is 18.5 Å². The summed E-state index contributed by atoms with van der Waals surface area (Å²) in [6, 6.07) is 0.811. The molecule has 0 spiro atoms. The van der Waals surface area contributed by atoms with Gasteiger partial charge in [0.2, 0.25) is 5.91 Å². The lowest BCUT2D eigenvalue weighted by Gasteiger charge is -2.11. The zero-order valence-corrected chi connectivity index (χ0v) is 7.22. The summed E-state index contributed by atoms with van der Waals surface area (Å²) >= 11 is 0. The average molecular weight is 204 g/mol. The molecule has 6 heteroatoms. The topological polar surface area (TPSA) is 42.0 Å². The first-order valence-electron chi connectivity index (χ1n) is 3.70. The van der Waals surface area contributed by atoms with Crippen LogP contribution in [0.2, 0.25) is 0 Å². The van der Waals surface area contributed by atoms with Crippen LogP contribution in [0, 0.1) is 0 Å². The number of rotatable bonds is 1. The molecule has 0 aromatic carbocycles. The number of hydrogen-bond donors (Lipinski definition) is 1. The second-order valence-corrected chi connectivity index (χ2v) is 2.60. The molecule has 0 aliphatic rings. The van der Waals surface area contributed by atoms with Crippen molar-refractivity contribution in [2.24, 2.45) is 0 Å². The predicted molar refractivity (Wildman–Crippen MR) is 43.5 cm³/mol. The third-order valence-corrected chi connectivity index (χ3v) is 1.44. The van der Waals surface area contributed by atoms with Crippen molar-refractivity contribution in [1.82, 2.24) is 4.98 Å². The summed E-state index contributed by atoms with van der Waals surface area (Å²) < 4.78 is 37.0. The Morgan fingerprint density at radius 3 is 2.64 bits per heavy atom. The van der Waals surface area contributed by atoms with E-state index in [1.165, 1.54) is 0 Å². The molecule has 0 saturated heterocycles. The monoisotopic (exact) mass is 204 g/mol. The summed E-state index contributed by atoms with van der Waals surface area (Å²) in [5, 5.41) is 2.06. The minimum atomic E-state index is -4.49. The Balaban J connectivity index is 3.10. The summed E-state index contributed by atoms with van der Waals surface area (Å²) in [6.45, 7) is 1.13. The van der Waals surface area contributed by atoms with E-state index in [1.807, 2.05) is 0 Å². The minimum Gasteiger partial charge on any atom is -0.324 e. The number of pyridine rings is 1. The molecule has 0 bridgehead atoms. The molecule has 76 valence electrons. The number of carbonyl (C=O) groups is 1.